The van der Waals surface area contributed by atoms with Crippen LogP contribution in [0.1, 0.15) is 12.5 Å². The normalized spacial score (nSPS) is 19.3. The number of para-hydroxylation sites is 1. The Bertz CT molecular complexity index is 614. The van der Waals surface area contributed by atoms with Gasteiger partial charge in [-0.25, -0.2) is 18.4 Å². The Labute approximate surface area is 102 Å². The Morgan fingerprint density at radius 3 is 2.94 bits per heavy atom. The van der Waals surface area contributed by atoms with Crippen molar-refractivity contribution in [3.8, 4) is 5.69 Å². The highest BCUT2D eigenvalue weighted by Crippen LogP contribution is 2.16. The summed E-state index contributed by atoms with van der Waals surface area (Å²) >= 11 is 0. The second-order valence-electron chi connectivity index (χ2n) is 4.20. The van der Waals surface area contributed by atoms with E-state index in [1.807, 2.05) is 0 Å². The van der Waals surface area contributed by atoms with Gasteiger partial charge in [0.15, 0.2) is 0 Å². The molecule has 1 saturated heterocycles. The van der Waals surface area contributed by atoms with Gasteiger partial charge in [-0.1, -0.05) is 12.1 Å². The molecular weight excluding hydrogens is 237 g/mol. The van der Waals surface area contributed by atoms with E-state index >= 15 is 0 Å². The Morgan fingerprint density at radius 1 is 1.39 bits per heavy atom. The van der Waals surface area contributed by atoms with E-state index in [9.17, 15) is 9.18 Å². The summed E-state index contributed by atoms with van der Waals surface area (Å²) in [5.74, 6) is -0.443. The molecule has 0 spiro atoms. The van der Waals surface area contributed by atoms with Crippen molar-refractivity contribution in [2.75, 3.05) is 13.2 Å². The molecule has 1 aliphatic heterocycles. The molecule has 1 aromatic heterocycles. The molecule has 0 radical (unpaired) electrons. The van der Waals surface area contributed by atoms with Crippen molar-refractivity contribution in [3.05, 3.63) is 46.9 Å². The van der Waals surface area contributed by atoms with E-state index in [-0.39, 0.29) is 17.4 Å². The van der Waals surface area contributed by atoms with Gasteiger partial charge in [0.05, 0.1) is 18.3 Å². The second-order valence-corrected chi connectivity index (χ2v) is 4.20. The summed E-state index contributed by atoms with van der Waals surface area (Å²) in [6, 6.07) is 6.08. The number of aromatic nitrogens is 3. The number of benzene rings is 1. The van der Waals surface area contributed by atoms with Crippen molar-refractivity contribution < 1.29 is 9.13 Å². The highest BCUT2D eigenvalue weighted by Gasteiger charge is 2.22. The van der Waals surface area contributed by atoms with Crippen LogP contribution in [0.25, 0.3) is 5.69 Å². The zero-order chi connectivity index (χ0) is 12.5. The van der Waals surface area contributed by atoms with Crippen LogP contribution in [0, 0.1) is 5.82 Å². The SMILES string of the molecule is O=c1n(-c2ccccc2F)cnn1C1CCOC1. The number of halogens is 1. The highest BCUT2D eigenvalue weighted by molar-refractivity contribution is 5.32. The van der Waals surface area contributed by atoms with Crippen molar-refractivity contribution in [2.24, 2.45) is 0 Å². The third-order valence-electron chi connectivity index (χ3n) is 3.06. The number of hydrogen-bond donors (Lipinski definition) is 0. The minimum absolute atomic E-state index is 0.0504. The first-order chi connectivity index (χ1) is 8.77. The minimum atomic E-state index is -0.443. The first-order valence-corrected chi connectivity index (χ1v) is 5.76. The molecule has 94 valence electrons. The Hall–Kier alpha value is -1.95. The number of rotatable bonds is 2. The lowest BCUT2D eigenvalue weighted by atomic mass is 10.3. The van der Waals surface area contributed by atoms with Crippen molar-refractivity contribution in [1.82, 2.24) is 14.3 Å². The Balaban J connectivity index is 2.05. The van der Waals surface area contributed by atoms with Crippen LogP contribution in [0.15, 0.2) is 35.4 Å². The molecule has 0 bridgehead atoms. The highest BCUT2D eigenvalue weighted by atomic mass is 19.1. The van der Waals surface area contributed by atoms with E-state index in [0.717, 1.165) is 6.42 Å². The first-order valence-electron chi connectivity index (χ1n) is 5.76. The predicted octanol–water partition coefficient (Wildman–Crippen LogP) is 1.13. The lowest BCUT2D eigenvalue weighted by Gasteiger charge is -2.05. The zero-order valence-electron chi connectivity index (χ0n) is 9.62. The summed E-state index contributed by atoms with van der Waals surface area (Å²) < 4.78 is 21.4. The standard InChI is InChI=1S/C12H12FN3O2/c13-10-3-1-2-4-11(10)15-8-14-16(12(15)17)9-5-6-18-7-9/h1-4,8-9H,5-7H2. The molecule has 0 amide bonds. The monoisotopic (exact) mass is 249 g/mol. The zero-order valence-corrected chi connectivity index (χ0v) is 9.62. The molecule has 0 saturated carbocycles. The molecular formula is C12H12FN3O2. The molecule has 1 unspecified atom stereocenters. The van der Waals surface area contributed by atoms with Crippen LogP contribution in [-0.2, 0) is 4.74 Å². The predicted molar refractivity (Wildman–Crippen MR) is 62.3 cm³/mol. The van der Waals surface area contributed by atoms with Crippen LogP contribution in [0.4, 0.5) is 4.39 Å². The van der Waals surface area contributed by atoms with Crippen molar-refractivity contribution in [3.63, 3.8) is 0 Å². The van der Waals surface area contributed by atoms with Gasteiger partial charge in [0.1, 0.15) is 12.1 Å². The van der Waals surface area contributed by atoms with Crippen LogP contribution >= 0.6 is 0 Å². The molecule has 0 aliphatic carbocycles. The van der Waals surface area contributed by atoms with Gasteiger partial charge < -0.3 is 4.74 Å². The molecule has 2 aromatic rings. The summed E-state index contributed by atoms with van der Waals surface area (Å²) in [6.45, 7) is 1.11. The van der Waals surface area contributed by atoms with E-state index in [4.69, 9.17) is 4.74 Å². The molecule has 0 N–H and O–H groups in total. The molecule has 1 fully saturated rings. The fourth-order valence-corrected chi connectivity index (χ4v) is 2.09. The number of hydrogen-bond acceptors (Lipinski definition) is 3. The van der Waals surface area contributed by atoms with Crippen LogP contribution in [0.2, 0.25) is 0 Å². The molecule has 2 heterocycles. The molecule has 1 atom stereocenters. The lowest BCUT2D eigenvalue weighted by Crippen LogP contribution is -2.28. The summed E-state index contributed by atoms with van der Waals surface area (Å²) in [4.78, 5) is 12.1. The third-order valence-corrected chi connectivity index (χ3v) is 3.06. The van der Waals surface area contributed by atoms with Crippen molar-refractivity contribution >= 4 is 0 Å². The summed E-state index contributed by atoms with van der Waals surface area (Å²) in [5.41, 5.74) is -0.122. The van der Waals surface area contributed by atoms with Gasteiger partial charge in [-0.05, 0) is 18.6 Å². The van der Waals surface area contributed by atoms with Crippen molar-refractivity contribution in [1.29, 1.82) is 0 Å². The molecule has 6 heteroatoms. The summed E-state index contributed by atoms with van der Waals surface area (Å²) in [7, 11) is 0. The Morgan fingerprint density at radius 2 is 2.22 bits per heavy atom. The number of ether oxygens (including phenoxy) is 1. The van der Waals surface area contributed by atoms with Gasteiger partial charge in [-0.15, -0.1) is 0 Å². The van der Waals surface area contributed by atoms with Crippen LogP contribution < -0.4 is 5.69 Å². The first kappa shape index (κ1) is 11.2. The quantitative estimate of drug-likeness (QED) is 0.801. The molecule has 18 heavy (non-hydrogen) atoms. The maximum absolute atomic E-state index is 13.6. The molecule has 3 rings (SSSR count). The van der Waals surface area contributed by atoms with E-state index in [0.29, 0.717) is 13.2 Å². The van der Waals surface area contributed by atoms with Crippen molar-refractivity contribution in [2.45, 2.75) is 12.5 Å². The van der Waals surface area contributed by atoms with Gasteiger partial charge in [0, 0.05) is 6.61 Å². The van der Waals surface area contributed by atoms with Gasteiger partial charge in [-0.2, -0.15) is 5.10 Å². The topological polar surface area (TPSA) is 49.0 Å². The fraction of sp³-hybridized carbons (Fsp3) is 0.333. The number of nitrogens with zero attached hydrogens (tertiary/aromatic N) is 3. The van der Waals surface area contributed by atoms with Crippen LogP contribution in [0.3, 0.4) is 0 Å². The van der Waals surface area contributed by atoms with Crippen LogP contribution in [0.5, 0.6) is 0 Å². The van der Waals surface area contributed by atoms with Gasteiger partial charge in [-0.3, -0.25) is 0 Å². The second kappa shape index (κ2) is 4.38. The Kier molecular flexibility index (Phi) is 2.71. The summed E-state index contributed by atoms with van der Waals surface area (Å²) in [5, 5.41) is 4.04. The minimum Gasteiger partial charge on any atom is -0.379 e. The average Bonchev–Trinajstić information content (AvgIpc) is 2.99. The van der Waals surface area contributed by atoms with E-state index in [1.54, 1.807) is 18.2 Å². The van der Waals surface area contributed by atoms with Gasteiger partial charge in [0.2, 0.25) is 0 Å². The largest absolute Gasteiger partial charge is 0.379 e. The molecule has 1 aromatic carbocycles. The molecule has 1 aliphatic rings. The van der Waals surface area contributed by atoms with Gasteiger partial charge >= 0.3 is 5.69 Å². The maximum Gasteiger partial charge on any atom is 0.350 e. The maximum atomic E-state index is 13.6. The molecule has 5 nitrogen and oxygen atoms in total. The third kappa shape index (κ3) is 1.74. The fourth-order valence-electron chi connectivity index (χ4n) is 2.09. The van der Waals surface area contributed by atoms with E-state index < -0.39 is 5.82 Å². The van der Waals surface area contributed by atoms with Crippen LogP contribution in [-0.4, -0.2) is 27.6 Å². The lowest BCUT2D eigenvalue weighted by molar-refractivity contribution is 0.183. The smallest absolute Gasteiger partial charge is 0.350 e. The average molecular weight is 249 g/mol. The van der Waals surface area contributed by atoms with E-state index in [1.165, 1.54) is 21.6 Å². The summed E-state index contributed by atoms with van der Waals surface area (Å²) in [6.07, 6.45) is 2.10. The van der Waals surface area contributed by atoms with E-state index in [2.05, 4.69) is 5.10 Å². The van der Waals surface area contributed by atoms with Gasteiger partial charge in [0.25, 0.3) is 0 Å².